The second-order valence-electron chi connectivity index (χ2n) is 5.36. The van der Waals surface area contributed by atoms with E-state index >= 15 is 0 Å². The van der Waals surface area contributed by atoms with Gasteiger partial charge < -0.3 is 20.9 Å². The van der Waals surface area contributed by atoms with Gasteiger partial charge >= 0.3 is 6.03 Å². The van der Waals surface area contributed by atoms with E-state index in [0.29, 0.717) is 12.2 Å². The van der Waals surface area contributed by atoms with Crippen molar-refractivity contribution >= 4 is 23.3 Å². The van der Waals surface area contributed by atoms with E-state index in [1.165, 1.54) is 24.9 Å². The molecule has 3 N–H and O–H groups in total. The lowest BCUT2D eigenvalue weighted by atomic mass is 10.1. The summed E-state index contributed by atoms with van der Waals surface area (Å²) in [5, 5.41) is 7.86. The van der Waals surface area contributed by atoms with Crippen LogP contribution in [0.15, 0.2) is 24.3 Å². The molecule has 0 radical (unpaired) electrons. The molecule has 6 heteroatoms. The van der Waals surface area contributed by atoms with Gasteiger partial charge in [0.25, 0.3) is 0 Å². The van der Waals surface area contributed by atoms with Crippen molar-refractivity contribution in [1.82, 2.24) is 10.6 Å². The molecule has 1 aromatic rings. The van der Waals surface area contributed by atoms with Crippen LogP contribution >= 0.6 is 0 Å². The van der Waals surface area contributed by atoms with Gasteiger partial charge in [0.05, 0.1) is 6.54 Å². The van der Waals surface area contributed by atoms with Crippen LogP contribution in [0, 0.1) is 0 Å². The average Bonchev–Trinajstić information content (AvgIpc) is 2.55. The van der Waals surface area contributed by atoms with Crippen LogP contribution in [-0.4, -0.2) is 38.1 Å². The van der Waals surface area contributed by atoms with Gasteiger partial charge in [-0.3, -0.25) is 4.79 Å². The van der Waals surface area contributed by atoms with E-state index in [1.807, 2.05) is 31.2 Å². The van der Waals surface area contributed by atoms with Crippen LogP contribution in [0.5, 0.6) is 0 Å². The number of hydrogen-bond acceptors (Lipinski definition) is 3. The molecule has 120 valence electrons. The second-order valence-corrected chi connectivity index (χ2v) is 5.36. The minimum Gasteiger partial charge on any atom is -0.372 e. The van der Waals surface area contributed by atoms with Crippen molar-refractivity contribution in [3.63, 3.8) is 0 Å². The highest BCUT2D eigenvalue weighted by molar-refractivity contribution is 5.92. The molecule has 0 unspecified atom stereocenters. The fourth-order valence-electron chi connectivity index (χ4n) is 2.50. The first-order valence-corrected chi connectivity index (χ1v) is 7.85. The number of piperidine rings is 1. The van der Waals surface area contributed by atoms with Crippen molar-refractivity contribution in [3.8, 4) is 0 Å². The minimum absolute atomic E-state index is 0.0223. The van der Waals surface area contributed by atoms with E-state index in [1.54, 1.807) is 0 Å². The fourth-order valence-corrected chi connectivity index (χ4v) is 2.50. The monoisotopic (exact) mass is 304 g/mol. The minimum atomic E-state index is -0.378. The Hall–Kier alpha value is -2.24. The first-order chi connectivity index (χ1) is 10.7. The van der Waals surface area contributed by atoms with E-state index in [2.05, 4.69) is 20.9 Å². The number of amides is 3. The summed E-state index contributed by atoms with van der Waals surface area (Å²) < 4.78 is 0. The predicted molar refractivity (Wildman–Crippen MR) is 88.2 cm³/mol. The molecule has 1 fully saturated rings. The molecule has 1 saturated heterocycles. The third-order valence-electron chi connectivity index (χ3n) is 3.63. The SMILES string of the molecule is CCNC(=O)CNC(=O)Nc1ccc(N2CCCCC2)cc1. The lowest BCUT2D eigenvalue weighted by Crippen LogP contribution is -2.38. The first-order valence-electron chi connectivity index (χ1n) is 7.85. The number of anilines is 2. The van der Waals surface area contributed by atoms with Crippen LogP contribution < -0.4 is 20.9 Å². The number of carbonyl (C=O) groups excluding carboxylic acids is 2. The summed E-state index contributed by atoms with van der Waals surface area (Å²) in [5.74, 6) is -0.196. The number of nitrogens with zero attached hydrogens (tertiary/aromatic N) is 1. The smallest absolute Gasteiger partial charge is 0.319 e. The van der Waals surface area contributed by atoms with Gasteiger partial charge in [-0.2, -0.15) is 0 Å². The van der Waals surface area contributed by atoms with Crippen LogP contribution in [0.4, 0.5) is 16.2 Å². The molecular weight excluding hydrogens is 280 g/mol. The molecule has 0 spiro atoms. The molecule has 3 amide bonds. The van der Waals surface area contributed by atoms with E-state index in [9.17, 15) is 9.59 Å². The molecular formula is C16H24N4O2. The lowest BCUT2D eigenvalue weighted by Gasteiger charge is -2.28. The summed E-state index contributed by atoms with van der Waals surface area (Å²) >= 11 is 0. The highest BCUT2D eigenvalue weighted by Crippen LogP contribution is 2.21. The van der Waals surface area contributed by atoms with Gasteiger partial charge in [-0.1, -0.05) is 0 Å². The van der Waals surface area contributed by atoms with Crippen molar-refractivity contribution in [1.29, 1.82) is 0 Å². The average molecular weight is 304 g/mol. The van der Waals surface area contributed by atoms with Crippen molar-refractivity contribution < 1.29 is 9.59 Å². The summed E-state index contributed by atoms with van der Waals surface area (Å²) in [7, 11) is 0. The molecule has 0 atom stereocenters. The number of urea groups is 1. The van der Waals surface area contributed by atoms with Gasteiger partial charge in [-0.05, 0) is 50.5 Å². The quantitative estimate of drug-likeness (QED) is 0.778. The van der Waals surface area contributed by atoms with Crippen molar-refractivity contribution in [2.45, 2.75) is 26.2 Å². The maximum atomic E-state index is 11.7. The van der Waals surface area contributed by atoms with E-state index in [-0.39, 0.29) is 18.5 Å². The zero-order chi connectivity index (χ0) is 15.8. The summed E-state index contributed by atoms with van der Waals surface area (Å²) in [6.07, 6.45) is 3.78. The summed E-state index contributed by atoms with van der Waals surface area (Å²) in [5.41, 5.74) is 1.90. The summed E-state index contributed by atoms with van der Waals surface area (Å²) in [6, 6.07) is 7.43. The number of benzene rings is 1. The first kappa shape index (κ1) is 16.1. The van der Waals surface area contributed by atoms with Gasteiger partial charge in [0.1, 0.15) is 0 Å². The number of hydrogen-bond donors (Lipinski definition) is 3. The van der Waals surface area contributed by atoms with Crippen molar-refractivity contribution in [3.05, 3.63) is 24.3 Å². The summed E-state index contributed by atoms with van der Waals surface area (Å²) in [6.45, 7) is 4.56. The molecule has 22 heavy (non-hydrogen) atoms. The molecule has 0 aromatic heterocycles. The standard InChI is InChI=1S/C16H24N4O2/c1-2-17-15(21)12-18-16(22)19-13-6-8-14(9-7-13)20-10-4-3-5-11-20/h6-9H,2-5,10-12H2,1H3,(H,17,21)(H2,18,19,22). The second kappa shape index (κ2) is 8.26. The Balaban J connectivity index is 1.80. The highest BCUT2D eigenvalue weighted by atomic mass is 16.2. The van der Waals surface area contributed by atoms with Crippen LogP contribution in [0.3, 0.4) is 0 Å². The maximum Gasteiger partial charge on any atom is 0.319 e. The maximum absolute atomic E-state index is 11.7. The Kier molecular flexibility index (Phi) is 6.06. The Bertz CT molecular complexity index is 495. The third-order valence-corrected chi connectivity index (χ3v) is 3.63. The molecule has 1 heterocycles. The number of nitrogens with one attached hydrogen (secondary N) is 3. The van der Waals surface area contributed by atoms with E-state index in [0.717, 1.165) is 13.1 Å². The van der Waals surface area contributed by atoms with E-state index < -0.39 is 0 Å². The molecule has 1 aliphatic rings. The van der Waals surface area contributed by atoms with Gasteiger partial charge in [0.15, 0.2) is 0 Å². The molecule has 0 aliphatic carbocycles. The fraction of sp³-hybridized carbons (Fsp3) is 0.500. The molecule has 6 nitrogen and oxygen atoms in total. The Labute approximate surface area is 131 Å². The zero-order valence-electron chi connectivity index (χ0n) is 13.0. The van der Waals surface area contributed by atoms with Gasteiger partial charge in [0, 0.05) is 31.0 Å². The molecule has 1 aliphatic heterocycles. The van der Waals surface area contributed by atoms with E-state index in [4.69, 9.17) is 0 Å². The normalized spacial score (nSPS) is 14.3. The zero-order valence-corrected chi connectivity index (χ0v) is 13.0. The number of likely N-dealkylation sites (N-methyl/N-ethyl adjacent to an activating group) is 1. The van der Waals surface area contributed by atoms with Crippen LogP contribution in [0.1, 0.15) is 26.2 Å². The van der Waals surface area contributed by atoms with Crippen LogP contribution in [-0.2, 0) is 4.79 Å². The van der Waals surface area contributed by atoms with Gasteiger partial charge in [0.2, 0.25) is 5.91 Å². The number of rotatable bonds is 5. The van der Waals surface area contributed by atoms with Crippen LogP contribution in [0.2, 0.25) is 0 Å². The molecule has 0 saturated carbocycles. The summed E-state index contributed by atoms with van der Waals surface area (Å²) in [4.78, 5) is 25.3. The number of carbonyl (C=O) groups is 2. The van der Waals surface area contributed by atoms with Crippen molar-refractivity contribution in [2.24, 2.45) is 0 Å². The predicted octanol–water partition coefficient (Wildman–Crippen LogP) is 1.93. The Morgan fingerprint density at radius 2 is 1.73 bits per heavy atom. The highest BCUT2D eigenvalue weighted by Gasteiger charge is 2.11. The van der Waals surface area contributed by atoms with Crippen molar-refractivity contribution in [2.75, 3.05) is 36.4 Å². The topological polar surface area (TPSA) is 73.5 Å². The largest absolute Gasteiger partial charge is 0.372 e. The van der Waals surface area contributed by atoms with Gasteiger partial charge in [-0.25, -0.2) is 4.79 Å². The Morgan fingerprint density at radius 3 is 2.36 bits per heavy atom. The molecule has 0 bridgehead atoms. The molecule has 1 aromatic carbocycles. The molecule has 2 rings (SSSR count). The third kappa shape index (κ3) is 4.95. The lowest BCUT2D eigenvalue weighted by molar-refractivity contribution is -0.119. The van der Waals surface area contributed by atoms with Gasteiger partial charge in [-0.15, -0.1) is 0 Å². The van der Waals surface area contributed by atoms with Crippen LogP contribution in [0.25, 0.3) is 0 Å². The Morgan fingerprint density at radius 1 is 1.05 bits per heavy atom.